The van der Waals surface area contributed by atoms with E-state index in [0.717, 1.165) is 0 Å². The molecule has 5 heterocycles. The van der Waals surface area contributed by atoms with Crippen LogP contribution < -0.4 is 31.1 Å². The molecular weight excluding hydrogens is 786 g/mol. The molecule has 0 radical (unpaired) electrons. The van der Waals surface area contributed by atoms with Crippen LogP contribution in [0, 0.1) is 0 Å². The maximum Gasteiger partial charge on any atom is 0.252 e. The average Bonchev–Trinajstić information content (AvgIpc) is 3.59. The zero-order valence-electron chi connectivity index (χ0n) is 42.6. The molecule has 0 spiro atoms. The molecule has 0 aromatic heterocycles. The van der Waals surface area contributed by atoms with E-state index in [-0.39, 0.29) is 50.3 Å². The smallest absolute Gasteiger partial charge is 0.252 e. The van der Waals surface area contributed by atoms with E-state index in [1.54, 1.807) is 16.7 Å². The van der Waals surface area contributed by atoms with Crippen molar-refractivity contribution in [1.82, 2.24) is 0 Å². The van der Waals surface area contributed by atoms with Gasteiger partial charge in [-0.1, -0.05) is 170 Å². The lowest BCUT2D eigenvalue weighted by Gasteiger charge is -2.55. The van der Waals surface area contributed by atoms with Gasteiger partial charge in [0.1, 0.15) is 0 Å². The van der Waals surface area contributed by atoms with Crippen molar-refractivity contribution in [2.45, 2.75) is 199 Å². The van der Waals surface area contributed by atoms with E-state index in [9.17, 15) is 0 Å². The van der Waals surface area contributed by atoms with Gasteiger partial charge in [-0.3, -0.25) is 0 Å². The Bertz CT molecular complexity index is 2850. The molecule has 2 fully saturated rings. The summed E-state index contributed by atoms with van der Waals surface area (Å²) in [6, 6.07) is 33.0. The van der Waals surface area contributed by atoms with Gasteiger partial charge in [0.05, 0.1) is 28.1 Å². The Labute approximate surface area is 392 Å². The summed E-state index contributed by atoms with van der Waals surface area (Å²) in [5, 5.41) is 0. The first kappa shape index (κ1) is 42.0. The van der Waals surface area contributed by atoms with Gasteiger partial charge in [0.15, 0.2) is 0 Å². The maximum absolute atomic E-state index is 2.99. The highest BCUT2D eigenvalue weighted by Gasteiger charge is 2.65. The minimum Gasteiger partial charge on any atom is -0.335 e. The van der Waals surface area contributed by atoms with Crippen molar-refractivity contribution < 1.29 is 0 Å². The normalized spacial score (nSPS) is 27.7. The molecule has 5 aromatic carbocycles. The molecule has 4 unspecified atom stereocenters. The van der Waals surface area contributed by atoms with Crippen LogP contribution in [0.2, 0.25) is 0 Å². The van der Waals surface area contributed by atoms with Crippen molar-refractivity contribution in [3.63, 3.8) is 0 Å². The van der Waals surface area contributed by atoms with Gasteiger partial charge in [-0.05, 0) is 135 Å². The number of benzene rings is 5. The lowest BCUT2D eigenvalue weighted by molar-refractivity contribution is 0.193. The number of para-hydroxylation sites is 1. The molecule has 0 N–H and O–H groups in total. The zero-order chi connectivity index (χ0) is 46.0. The molecule has 2 saturated carbocycles. The summed E-state index contributed by atoms with van der Waals surface area (Å²) in [6.45, 7) is 37.3. The summed E-state index contributed by atoms with van der Waals surface area (Å²) in [6.07, 6.45) is 9.97. The Morgan fingerprint density at radius 1 is 0.477 bits per heavy atom. The predicted octanol–water partition coefficient (Wildman–Crippen LogP) is 14.3. The Balaban J connectivity index is 1.23. The fourth-order valence-corrected chi connectivity index (χ4v) is 15.4. The van der Waals surface area contributed by atoms with Crippen LogP contribution in [0.1, 0.15) is 194 Å². The zero-order valence-corrected chi connectivity index (χ0v) is 42.6. The Morgan fingerprint density at radius 2 is 0.985 bits per heavy atom. The van der Waals surface area contributed by atoms with Gasteiger partial charge in [-0.15, -0.1) is 0 Å². The predicted molar refractivity (Wildman–Crippen MR) is 280 cm³/mol. The van der Waals surface area contributed by atoms with Gasteiger partial charge in [-0.25, -0.2) is 0 Å². The molecule has 4 atom stereocenters. The van der Waals surface area contributed by atoms with E-state index in [4.69, 9.17) is 0 Å². The topological polar surface area (TPSA) is 9.72 Å². The van der Waals surface area contributed by atoms with Crippen LogP contribution >= 0.6 is 0 Å². The van der Waals surface area contributed by atoms with Crippen molar-refractivity contribution >= 4 is 62.9 Å². The fourth-order valence-electron chi connectivity index (χ4n) is 15.4. The third-order valence-electron chi connectivity index (χ3n) is 19.5. The van der Waals surface area contributed by atoms with Gasteiger partial charge < -0.3 is 14.7 Å². The minimum atomic E-state index is -0.193. The van der Waals surface area contributed by atoms with Crippen LogP contribution in [0.4, 0.5) is 39.8 Å². The Kier molecular flexibility index (Phi) is 8.10. The van der Waals surface area contributed by atoms with Gasteiger partial charge in [0.2, 0.25) is 0 Å². The van der Waals surface area contributed by atoms with E-state index in [2.05, 4.69) is 197 Å². The molecule has 0 saturated heterocycles. The molecule has 2 aliphatic carbocycles. The molecular formula is C61H74BN3. The minimum absolute atomic E-state index is 0.0198. The van der Waals surface area contributed by atoms with Crippen molar-refractivity contribution in [3.05, 3.63) is 118 Å². The van der Waals surface area contributed by atoms with E-state index < -0.39 is 0 Å². The summed E-state index contributed by atoms with van der Waals surface area (Å²) in [5.74, 6) is 0. The largest absolute Gasteiger partial charge is 0.335 e. The number of nitrogens with zero attached hydrogens (tertiary/aromatic N) is 3. The first-order valence-corrected chi connectivity index (χ1v) is 25.6. The van der Waals surface area contributed by atoms with Crippen molar-refractivity contribution in [2.75, 3.05) is 14.7 Å². The molecule has 4 heteroatoms. The van der Waals surface area contributed by atoms with Crippen LogP contribution in [0.15, 0.2) is 78.9 Å². The number of rotatable bonds is 1. The highest BCUT2D eigenvalue weighted by atomic mass is 15.3. The van der Waals surface area contributed by atoms with Crippen LogP contribution in [0.5, 0.6) is 0 Å². The van der Waals surface area contributed by atoms with Gasteiger partial charge in [0, 0.05) is 39.0 Å². The summed E-state index contributed by atoms with van der Waals surface area (Å²) >= 11 is 0. The molecule has 7 aliphatic rings. The van der Waals surface area contributed by atoms with Crippen LogP contribution in [-0.4, -0.2) is 17.8 Å². The number of hydrogen-bond donors (Lipinski definition) is 0. The summed E-state index contributed by atoms with van der Waals surface area (Å²) < 4.78 is 0. The SMILES string of the molecule is CC(C)(C)c1ccc2c(c1)C(C)(C)c1cc(C(C)(C)C)ccc1N2c1cc2c3c(c1)N1c4c(ccc(C(C)(C)C)c4C4(C)CCCCC14C)B3c1cccc3c1N2C1(C)CCCCC31C. The summed E-state index contributed by atoms with van der Waals surface area (Å²) in [4.78, 5) is 8.64. The Morgan fingerprint density at radius 3 is 1.54 bits per heavy atom. The van der Waals surface area contributed by atoms with Crippen molar-refractivity contribution in [1.29, 1.82) is 0 Å². The molecule has 0 bridgehead atoms. The number of fused-ring (bicyclic) bond motifs is 12. The first-order valence-electron chi connectivity index (χ1n) is 25.6. The summed E-state index contributed by atoms with van der Waals surface area (Å²) in [7, 11) is 0. The molecule has 12 rings (SSSR count). The quantitative estimate of drug-likeness (QED) is 0.156. The lowest BCUT2D eigenvalue weighted by atomic mass is 9.33. The highest BCUT2D eigenvalue weighted by molar-refractivity contribution is 7.00. The van der Waals surface area contributed by atoms with E-state index >= 15 is 0 Å². The summed E-state index contributed by atoms with van der Waals surface area (Å²) in [5.41, 5.74) is 24.7. The third-order valence-corrected chi connectivity index (χ3v) is 19.5. The number of hydrogen-bond acceptors (Lipinski definition) is 3. The number of anilines is 7. The average molecular weight is 860 g/mol. The Hall–Kier alpha value is -4.44. The standard InChI is InChI=1S/C61H74BN3/c1-54(2,3)37-23-27-46-42(33-37)57(10,11)43-34-38(55(4,5)6)24-28-47(43)63(46)39-35-48-51-49(36-39)65-53-45(26-25-40(56(7,8)9)50(53)59(13)30-17-19-32-61(59,65)15)62(51)44-22-20-21-41-52(44)64(48)60(14)31-18-16-29-58(41,60)12/h20-28,33-36H,16-19,29-32H2,1-15H3. The van der Waals surface area contributed by atoms with E-state index in [0.29, 0.717) is 0 Å². The molecule has 0 amide bonds. The molecule has 3 nitrogen and oxygen atoms in total. The first-order chi connectivity index (χ1) is 30.4. The van der Waals surface area contributed by atoms with Crippen molar-refractivity contribution in [3.8, 4) is 0 Å². The van der Waals surface area contributed by atoms with Gasteiger partial charge >= 0.3 is 0 Å². The van der Waals surface area contributed by atoms with E-state index in [1.807, 2.05) is 0 Å². The van der Waals surface area contributed by atoms with Crippen LogP contribution in [0.3, 0.4) is 0 Å². The second-order valence-corrected chi connectivity index (χ2v) is 26.5. The van der Waals surface area contributed by atoms with Crippen LogP contribution in [0.25, 0.3) is 0 Å². The van der Waals surface area contributed by atoms with Crippen molar-refractivity contribution in [2.24, 2.45) is 0 Å². The monoisotopic (exact) mass is 860 g/mol. The molecule has 5 aliphatic heterocycles. The highest BCUT2D eigenvalue weighted by Crippen LogP contribution is 2.67. The fraction of sp³-hybridized carbons (Fsp3) is 0.508. The second-order valence-electron chi connectivity index (χ2n) is 26.5. The van der Waals surface area contributed by atoms with E-state index in [1.165, 1.54) is 130 Å². The third kappa shape index (κ3) is 5.01. The molecule has 336 valence electrons. The second kappa shape index (κ2) is 12.6. The molecule has 5 aromatic rings. The maximum atomic E-state index is 2.99. The lowest BCUT2D eigenvalue weighted by Crippen LogP contribution is -2.66. The van der Waals surface area contributed by atoms with Gasteiger partial charge in [-0.2, -0.15) is 0 Å². The van der Waals surface area contributed by atoms with Gasteiger partial charge in [0.25, 0.3) is 6.71 Å². The van der Waals surface area contributed by atoms with Crippen LogP contribution in [-0.2, 0) is 32.5 Å². The molecule has 65 heavy (non-hydrogen) atoms.